The van der Waals surface area contributed by atoms with E-state index in [4.69, 9.17) is 9.47 Å². The predicted molar refractivity (Wildman–Crippen MR) is 95.7 cm³/mol. The summed E-state index contributed by atoms with van der Waals surface area (Å²) in [6, 6.07) is 9.22. The molecule has 0 aromatic heterocycles. The van der Waals surface area contributed by atoms with E-state index in [-0.39, 0.29) is 23.8 Å². The zero-order valence-corrected chi connectivity index (χ0v) is 15.0. The Morgan fingerprint density at radius 3 is 2.42 bits per heavy atom. The standard InChI is InChI=1S/C20H26N2O4/c23-19(15-5-4-6-15)22-14-17(26-16-7-2-1-3-8-16)13-18(22)20(24)21-9-11-25-12-10-21/h1-3,7-8,15,17-18H,4-6,9-14H2/t17-,18+/m0/s1. The molecule has 1 aromatic carbocycles. The highest BCUT2D eigenvalue weighted by atomic mass is 16.5. The summed E-state index contributed by atoms with van der Waals surface area (Å²) in [5.74, 6) is 1.04. The minimum absolute atomic E-state index is 0.0418. The van der Waals surface area contributed by atoms with Crippen LogP contribution in [0.25, 0.3) is 0 Å². The van der Waals surface area contributed by atoms with Crippen molar-refractivity contribution in [1.29, 1.82) is 0 Å². The van der Waals surface area contributed by atoms with Crippen molar-refractivity contribution in [3.63, 3.8) is 0 Å². The van der Waals surface area contributed by atoms with Crippen LogP contribution in [0.3, 0.4) is 0 Å². The summed E-state index contributed by atoms with van der Waals surface area (Å²) in [5, 5.41) is 0. The molecule has 1 saturated carbocycles. The van der Waals surface area contributed by atoms with Crippen molar-refractivity contribution in [1.82, 2.24) is 9.80 Å². The van der Waals surface area contributed by atoms with Crippen molar-refractivity contribution in [2.75, 3.05) is 32.8 Å². The second-order valence-electron chi connectivity index (χ2n) is 7.36. The summed E-state index contributed by atoms with van der Waals surface area (Å²) >= 11 is 0. The molecule has 140 valence electrons. The minimum atomic E-state index is -0.407. The van der Waals surface area contributed by atoms with Crippen LogP contribution in [0.5, 0.6) is 5.75 Å². The Kier molecular flexibility index (Phi) is 5.11. The zero-order chi connectivity index (χ0) is 17.9. The van der Waals surface area contributed by atoms with E-state index < -0.39 is 6.04 Å². The number of nitrogens with zero attached hydrogens (tertiary/aromatic N) is 2. The Morgan fingerprint density at radius 1 is 1.04 bits per heavy atom. The fourth-order valence-electron chi connectivity index (χ4n) is 3.94. The van der Waals surface area contributed by atoms with Crippen LogP contribution in [0.1, 0.15) is 25.7 Å². The lowest BCUT2D eigenvalue weighted by Gasteiger charge is -2.35. The summed E-state index contributed by atoms with van der Waals surface area (Å²) in [4.78, 5) is 29.6. The topological polar surface area (TPSA) is 59.1 Å². The van der Waals surface area contributed by atoms with E-state index in [1.165, 1.54) is 0 Å². The Labute approximate surface area is 154 Å². The first-order chi connectivity index (χ1) is 12.7. The molecule has 2 saturated heterocycles. The first-order valence-electron chi connectivity index (χ1n) is 9.61. The van der Waals surface area contributed by atoms with Gasteiger partial charge in [-0.15, -0.1) is 0 Å². The monoisotopic (exact) mass is 358 g/mol. The van der Waals surface area contributed by atoms with Gasteiger partial charge < -0.3 is 19.3 Å². The largest absolute Gasteiger partial charge is 0.488 e. The summed E-state index contributed by atoms with van der Waals surface area (Å²) in [6.07, 6.45) is 3.41. The Morgan fingerprint density at radius 2 is 1.77 bits per heavy atom. The molecule has 0 N–H and O–H groups in total. The molecule has 0 radical (unpaired) electrons. The predicted octanol–water partition coefficient (Wildman–Crippen LogP) is 1.69. The lowest BCUT2D eigenvalue weighted by molar-refractivity contribution is -0.149. The van der Waals surface area contributed by atoms with Gasteiger partial charge in [-0.1, -0.05) is 24.6 Å². The zero-order valence-electron chi connectivity index (χ0n) is 15.0. The molecule has 6 nitrogen and oxygen atoms in total. The number of ether oxygens (including phenoxy) is 2. The van der Waals surface area contributed by atoms with Gasteiger partial charge in [0.05, 0.1) is 19.8 Å². The van der Waals surface area contributed by atoms with Crippen LogP contribution in [0.4, 0.5) is 0 Å². The molecule has 0 bridgehead atoms. The molecule has 2 atom stereocenters. The number of carbonyl (C=O) groups excluding carboxylic acids is 2. The average molecular weight is 358 g/mol. The molecule has 0 unspecified atom stereocenters. The van der Waals surface area contributed by atoms with E-state index >= 15 is 0 Å². The molecule has 2 amide bonds. The summed E-state index contributed by atoms with van der Waals surface area (Å²) in [5.41, 5.74) is 0. The Balaban J connectivity index is 1.48. The molecule has 1 aliphatic carbocycles. The second-order valence-corrected chi connectivity index (χ2v) is 7.36. The first kappa shape index (κ1) is 17.3. The molecule has 4 rings (SSSR count). The van der Waals surface area contributed by atoms with Crippen molar-refractivity contribution in [2.45, 2.75) is 37.8 Å². The van der Waals surface area contributed by atoms with Gasteiger partial charge in [-0.2, -0.15) is 0 Å². The fourth-order valence-corrected chi connectivity index (χ4v) is 3.94. The third-order valence-electron chi connectivity index (χ3n) is 5.65. The third-order valence-corrected chi connectivity index (χ3v) is 5.65. The van der Waals surface area contributed by atoms with E-state index in [1.807, 2.05) is 35.2 Å². The van der Waals surface area contributed by atoms with E-state index in [1.54, 1.807) is 4.90 Å². The van der Waals surface area contributed by atoms with Crippen LogP contribution < -0.4 is 4.74 Å². The van der Waals surface area contributed by atoms with Gasteiger partial charge in [0.25, 0.3) is 0 Å². The van der Waals surface area contributed by atoms with Gasteiger partial charge in [0.1, 0.15) is 17.9 Å². The highest BCUT2D eigenvalue weighted by Gasteiger charge is 2.45. The summed E-state index contributed by atoms with van der Waals surface area (Å²) in [6.45, 7) is 2.83. The number of amides is 2. The first-order valence-corrected chi connectivity index (χ1v) is 9.61. The van der Waals surface area contributed by atoms with Crippen molar-refractivity contribution in [3.05, 3.63) is 30.3 Å². The van der Waals surface area contributed by atoms with Crippen LogP contribution in [-0.2, 0) is 14.3 Å². The Hall–Kier alpha value is -2.08. The molecule has 6 heteroatoms. The van der Waals surface area contributed by atoms with Crippen LogP contribution in [-0.4, -0.2) is 66.6 Å². The number of morpholine rings is 1. The van der Waals surface area contributed by atoms with Gasteiger partial charge in [-0.05, 0) is 25.0 Å². The molecule has 2 aliphatic heterocycles. The van der Waals surface area contributed by atoms with E-state index in [0.29, 0.717) is 39.3 Å². The second kappa shape index (κ2) is 7.66. The highest BCUT2D eigenvalue weighted by molar-refractivity contribution is 5.89. The quantitative estimate of drug-likeness (QED) is 0.822. The van der Waals surface area contributed by atoms with Crippen molar-refractivity contribution < 1.29 is 19.1 Å². The van der Waals surface area contributed by atoms with Gasteiger partial charge in [0, 0.05) is 25.4 Å². The average Bonchev–Trinajstić information content (AvgIpc) is 3.05. The number of para-hydroxylation sites is 1. The normalized spacial score (nSPS) is 26.5. The number of likely N-dealkylation sites (tertiary alicyclic amines) is 1. The minimum Gasteiger partial charge on any atom is -0.488 e. The summed E-state index contributed by atoms with van der Waals surface area (Å²) < 4.78 is 11.4. The number of carbonyl (C=O) groups is 2. The lowest BCUT2D eigenvalue weighted by atomic mass is 9.84. The van der Waals surface area contributed by atoms with Crippen molar-refractivity contribution in [3.8, 4) is 5.75 Å². The van der Waals surface area contributed by atoms with E-state index in [9.17, 15) is 9.59 Å². The maximum absolute atomic E-state index is 13.1. The summed E-state index contributed by atoms with van der Waals surface area (Å²) in [7, 11) is 0. The molecule has 1 aromatic rings. The Bertz CT molecular complexity index is 640. The number of hydrogen-bond acceptors (Lipinski definition) is 4. The third kappa shape index (κ3) is 3.56. The highest BCUT2D eigenvalue weighted by Crippen LogP contribution is 2.33. The van der Waals surface area contributed by atoms with Crippen LogP contribution >= 0.6 is 0 Å². The van der Waals surface area contributed by atoms with E-state index in [0.717, 1.165) is 25.0 Å². The molecule has 2 heterocycles. The van der Waals surface area contributed by atoms with Gasteiger partial charge in [-0.3, -0.25) is 9.59 Å². The number of benzene rings is 1. The number of hydrogen-bond donors (Lipinski definition) is 0. The van der Waals surface area contributed by atoms with E-state index in [2.05, 4.69) is 0 Å². The van der Waals surface area contributed by atoms with Gasteiger partial charge in [0.15, 0.2) is 0 Å². The molecule has 3 fully saturated rings. The SMILES string of the molecule is O=C([C@H]1C[C@H](Oc2ccccc2)CN1C(=O)C1CCC1)N1CCOCC1. The molecule has 26 heavy (non-hydrogen) atoms. The van der Waals surface area contributed by atoms with Gasteiger partial charge >= 0.3 is 0 Å². The maximum atomic E-state index is 13.1. The van der Waals surface area contributed by atoms with Crippen LogP contribution in [0, 0.1) is 5.92 Å². The maximum Gasteiger partial charge on any atom is 0.245 e. The lowest BCUT2D eigenvalue weighted by Crippen LogP contribution is -2.52. The van der Waals surface area contributed by atoms with Crippen molar-refractivity contribution in [2.24, 2.45) is 5.92 Å². The molecule has 0 spiro atoms. The van der Waals surface area contributed by atoms with Gasteiger partial charge in [-0.25, -0.2) is 0 Å². The van der Waals surface area contributed by atoms with Crippen LogP contribution in [0.15, 0.2) is 30.3 Å². The molecule has 3 aliphatic rings. The smallest absolute Gasteiger partial charge is 0.245 e. The fraction of sp³-hybridized carbons (Fsp3) is 0.600. The molecular weight excluding hydrogens is 332 g/mol. The van der Waals surface area contributed by atoms with Gasteiger partial charge in [0.2, 0.25) is 11.8 Å². The number of rotatable bonds is 4. The molecular formula is C20H26N2O4. The van der Waals surface area contributed by atoms with Crippen LogP contribution in [0.2, 0.25) is 0 Å². The van der Waals surface area contributed by atoms with Crippen molar-refractivity contribution >= 4 is 11.8 Å².